The number of carbonyl (C=O) groups excluding carboxylic acids is 1. The molecular formula is C20H17Cl2F2N3O. The number of aryl methyl sites for hydroxylation is 1. The molecule has 1 heterocycles. The number of aromatic nitrogens is 2. The first kappa shape index (κ1) is 20.3. The van der Waals surface area contributed by atoms with Crippen LogP contribution >= 0.6 is 23.2 Å². The molecular weight excluding hydrogens is 407 g/mol. The molecule has 1 N–H and O–H groups in total. The molecule has 0 aliphatic rings. The average molecular weight is 424 g/mol. The third-order valence-corrected chi connectivity index (χ3v) is 5.11. The molecule has 0 aliphatic carbocycles. The Balaban J connectivity index is 1.81. The van der Waals surface area contributed by atoms with Crippen LogP contribution in [0.2, 0.25) is 10.2 Å². The maximum atomic E-state index is 13.4. The molecule has 1 amide bonds. The number of nitrogens with zero attached hydrogens (tertiary/aromatic N) is 2. The van der Waals surface area contributed by atoms with Crippen LogP contribution in [0.1, 0.15) is 40.1 Å². The summed E-state index contributed by atoms with van der Waals surface area (Å²) in [5.41, 5.74) is 1.93. The van der Waals surface area contributed by atoms with Gasteiger partial charge in [0.25, 0.3) is 5.91 Å². The molecule has 3 rings (SSSR count). The highest BCUT2D eigenvalue weighted by molar-refractivity contribution is 6.33. The lowest BCUT2D eigenvalue weighted by atomic mass is 10.1. The van der Waals surface area contributed by atoms with Crippen LogP contribution in [0, 0.1) is 18.6 Å². The summed E-state index contributed by atoms with van der Waals surface area (Å²) in [4.78, 5) is 12.7. The molecule has 0 saturated carbocycles. The number of hydrogen-bond acceptors (Lipinski definition) is 2. The van der Waals surface area contributed by atoms with E-state index in [9.17, 15) is 13.6 Å². The maximum absolute atomic E-state index is 13.4. The van der Waals surface area contributed by atoms with Crippen molar-refractivity contribution in [3.8, 4) is 0 Å². The Kier molecular flexibility index (Phi) is 6.01. The van der Waals surface area contributed by atoms with Gasteiger partial charge in [0.1, 0.15) is 5.15 Å². The number of halogens is 4. The molecule has 28 heavy (non-hydrogen) atoms. The number of hydrogen-bond donors (Lipinski definition) is 1. The van der Waals surface area contributed by atoms with E-state index < -0.39 is 23.6 Å². The van der Waals surface area contributed by atoms with Gasteiger partial charge in [-0.15, -0.1) is 0 Å². The Morgan fingerprint density at radius 2 is 1.89 bits per heavy atom. The van der Waals surface area contributed by atoms with E-state index in [1.54, 1.807) is 19.9 Å². The molecule has 4 nitrogen and oxygen atoms in total. The van der Waals surface area contributed by atoms with E-state index in [0.29, 0.717) is 22.8 Å². The van der Waals surface area contributed by atoms with Gasteiger partial charge in [-0.25, -0.2) is 13.5 Å². The molecule has 3 aromatic rings. The van der Waals surface area contributed by atoms with Crippen molar-refractivity contribution in [1.29, 1.82) is 0 Å². The molecule has 8 heteroatoms. The second kappa shape index (κ2) is 8.29. The number of nitrogens with one attached hydrogen (secondary N) is 1. The highest BCUT2D eigenvalue weighted by Crippen LogP contribution is 2.24. The van der Waals surface area contributed by atoms with E-state index >= 15 is 0 Å². The number of benzene rings is 2. The van der Waals surface area contributed by atoms with Crippen molar-refractivity contribution < 1.29 is 13.6 Å². The van der Waals surface area contributed by atoms with Crippen molar-refractivity contribution in [1.82, 2.24) is 15.1 Å². The van der Waals surface area contributed by atoms with Gasteiger partial charge >= 0.3 is 0 Å². The molecule has 0 radical (unpaired) electrons. The molecule has 0 aliphatic heterocycles. The van der Waals surface area contributed by atoms with Crippen molar-refractivity contribution in [2.75, 3.05) is 0 Å². The predicted molar refractivity (Wildman–Crippen MR) is 105 cm³/mol. The van der Waals surface area contributed by atoms with Gasteiger partial charge in [0.05, 0.1) is 23.8 Å². The maximum Gasteiger partial charge on any atom is 0.256 e. The Morgan fingerprint density at radius 1 is 1.18 bits per heavy atom. The largest absolute Gasteiger partial charge is 0.345 e. The second-order valence-electron chi connectivity index (χ2n) is 6.37. The van der Waals surface area contributed by atoms with Crippen molar-refractivity contribution in [3.63, 3.8) is 0 Å². The van der Waals surface area contributed by atoms with Crippen molar-refractivity contribution in [2.45, 2.75) is 26.4 Å². The summed E-state index contributed by atoms with van der Waals surface area (Å²) in [6.45, 7) is 3.65. The molecule has 0 saturated heterocycles. The summed E-state index contributed by atoms with van der Waals surface area (Å²) in [6, 6.07) is 10.2. The number of rotatable bonds is 5. The minimum absolute atomic E-state index is 0.174. The highest BCUT2D eigenvalue weighted by atomic mass is 35.5. The highest BCUT2D eigenvalue weighted by Gasteiger charge is 2.22. The lowest BCUT2D eigenvalue weighted by molar-refractivity contribution is 0.0939. The fraction of sp³-hybridized carbons (Fsp3) is 0.200. The molecule has 0 fully saturated rings. The quantitative estimate of drug-likeness (QED) is 0.603. The van der Waals surface area contributed by atoms with E-state index in [2.05, 4.69) is 10.4 Å². The minimum atomic E-state index is -0.972. The van der Waals surface area contributed by atoms with Crippen molar-refractivity contribution in [3.05, 3.63) is 86.7 Å². The van der Waals surface area contributed by atoms with E-state index in [-0.39, 0.29) is 10.7 Å². The van der Waals surface area contributed by atoms with Gasteiger partial charge in [-0.1, -0.05) is 47.5 Å². The zero-order valence-electron chi connectivity index (χ0n) is 15.1. The van der Waals surface area contributed by atoms with Gasteiger partial charge in [0.2, 0.25) is 0 Å². The zero-order valence-corrected chi connectivity index (χ0v) is 16.7. The summed E-state index contributed by atoms with van der Waals surface area (Å²) in [6.07, 6.45) is 0. The van der Waals surface area contributed by atoms with E-state index in [4.69, 9.17) is 23.2 Å². The molecule has 0 unspecified atom stereocenters. The Morgan fingerprint density at radius 3 is 2.57 bits per heavy atom. The van der Waals surface area contributed by atoms with Gasteiger partial charge < -0.3 is 5.32 Å². The molecule has 146 valence electrons. The van der Waals surface area contributed by atoms with Gasteiger partial charge in [0.15, 0.2) is 11.6 Å². The normalized spacial score (nSPS) is 12.1. The Hall–Kier alpha value is -2.44. The molecule has 0 spiro atoms. The third-order valence-electron chi connectivity index (χ3n) is 4.36. The van der Waals surface area contributed by atoms with Crippen LogP contribution in [0.15, 0.2) is 42.5 Å². The van der Waals surface area contributed by atoms with Crippen LogP contribution < -0.4 is 5.32 Å². The van der Waals surface area contributed by atoms with E-state index in [1.165, 1.54) is 10.7 Å². The summed E-state index contributed by atoms with van der Waals surface area (Å²) in [7, 11) is 0. The Labute approximate surface area is 171 Å². The predicted octanol–water partition coefficient (Wildman–Crippen LogP) is 5.32. The SMILES string of the molecule is Cc1nn(Cc2ccccc2Cl)c(Cl)c1C(=O)N[C@@H](C)c1ccc(F)c(F)c1. The zero-order chi connectivity index (χ0) is 20.4. The van der Waals surface area contributed by atoms with Crippen LogP contribution in [0.5, 0.6) is 0 Å². The van der Waals surface area contributed by atoms with Gasteiger partial charge in [-0.2, -0.15) is 5.10 Å². The lowest BCUT2D eigenvalue weighted by Crippen LogP contribution is -2.27. The topological polar surface area (TPSA) is 46.9 Å². The number of amides is 1. The molecule has 1 aromatic heterocycles. The van der Waals surface area contributed by atoms with Crippen LogP contribution in [-0.2, 0) is 6.54 Å². The second-order valence-corrected chi connectivity index (χ2v) is 7.13. The summed E-state index contributed by atoms with van der Waals surface area (Å²) >= 11 is 12.6. The van der Waals surface area contributed by atoms with Crippen LogP contribution in [0.25, 0.3) is 0 Å². The van der Waals surface area contributed by atoms with Crippen molar-refractivity contribution in [2.24, 2.45) is 0 Å². The summed E-state index contributed by atoms with van der Waals surface area (Å²) < 4.78 is 28.0. The fourth-order valence-corrected chi connectivity index (χ4v) is 3.35. The number of carbonyl (C=O) groups is 1. The fourth-order valence-electron chi connectivity index (χ4n) is 2.84. The first-order valence-electron chi connectivity index (χ1n) is 8.50. The van der Waals surface area contributed by atoms with Gasteiger partial charge in [-0.05, 0) is 43.2 Å². The van der Waals surface area contributed by atoms with Crippen LogP contribution in [-0.4, -0.2) is 15.7 Å². The van der Waals surface area contributed by atoms with Crippen molar-refractivity contribution >= 4 is 29.1 Å². The molecule has 2 aromatic carbocycles. The first-order chi connectivity index (χ1) is 13.3. The van der Waals surface area contributed by atoms with Gasteiger partial charge in [-0.3, -0.25) is 4.79 Å². The van der Waals surface area contributed by atoms with Gasteiger partial charge in [0, 0.05) is 5.02 Å². The summed E-state index contributed by atoms with van der Waals surface area (Å²) in [5.74, 6) is -2.37. The smallest absolute Gasteiger partial charge is 0.256 e. The summed E-state index contributed by atoms with van der Waals surface area (Å²) in [5, 5.41) is 7.81. The minimum Gasteiger partial charge on any atom is -0.345 e. The van der Waals surface area contributed by atoms with Crippen LogP contribution in [0.4, 0.5) is 8.78 Å². The first-order valence-corrected chi connectivity index (χ1v) is 9.25. The third kappa shape index (κ3) is 4.18. The monoisotopic (exact) mass is 423 g/mol. The van der Waals surface area contributed by atoms with Crippen LogP contribution in [0.3, 0.4) is 0 Å². The molecule has 1 atom stereocenters. The van der Waals surface area contributed by atoms with E-state index in [0.717, 1.165) is 17.7 Å². The average Bonchev–Trinajstić information content (AvgIpc) is 2.92. The lowest BCUT2D eigenvalue weighted by Gasteiger charge is -2.14. The Bertz CT molecular complexity index is 1040. The standard InChI is InChI=1S/C20H17Cl2F2N3O/c1-11(13-7-8-16(23)17(24)9-13)25-20(28)18-12(2)26-27(19(18)22)10-14-5-3-4-6-15(14)21/h3-9,11H,10H2,1-2H3,(H,25,28)/t11-/m0/s1. The van der Waals surface area contributed by atoms with E-state index in [1.807, 2.05) is 18.2 Å². The molecule has 0 bridgehead atoms.